The highest BCUT2D eigenvalue weighted by molar-refractivity contribution is 5.92. The van der Waals surface area contributed by atoms with E-state index in [4.69, 9.17) is 19.9 Å². The predicted molar refractivity (Wildman–Crippen MR) is 133 cm³/mol. The standard InChI is InChI=1S/C23H29N7O.C2HF3O2/c1-16(2)30-15-26-21-20(30)13-18(27-22(21)28-9-3-4-10-28)17-5-11-29(12-6-17)23(31)19-14-24-7-8-25-19;3-2(4,5)1(6)7/h7-8,13-17H,3-6,9-12H2,1-2H3;(H,6,7). The molecule has 0 aliphatic carbocycles. The predicted octanol–water partition coefficient (Wildman–Crippen LogP) is 4.06. The second-order valence-electron chi connectivity index (χ2n) is 9.64. The van der Waals surface area contributed by atoms with E-state index >= 15 is 0 Å². The van der Waals surface area contributed by atoms with E-state index in [-0.39, 0.29) is 5.91 Å². The van der Waals surface area contributed by atoms with E-state index in [0.717, 1.165) is 43.0 Å². The van der Waals surface area contributed by atoms with E-state index in [9.17, 15) is 18.0 Å². The molecule has 3 aromatic heterocycles. The zero-order valence-corrected chi connectivity index (χ0v) is 21.2. The number of likely N-dealkylation sites (tertiary alicyclic amines) is 1. The zero-order chi connectivity index (χ0) is 27.4. The van der Waals surface area contributed by atoms with Gasteiger partial charge >= 0.3 is 12.1 Å². The van der Waals surface area contributed by atoms with Gasteiger partial charge in [0, 0.05) is 56.2 Å². The number of aliphatic carboxylic acids is 1. The molecular formula is C25H30F3N7O3. The summed E-state index contributed by atoms with van der Waals surface area (Å²) in [7, 11) is 0. The topological polar surface area (TPSA) is 117 Å². The van der Waals surface area contributed by atoms with Crippen LogP contribution in [0.3, 0.4) is 0 Å². The van der Waals surface area contributed by atoms with Gasteiger partial charge in [0.1, 0.15) is 11.2 Å². The molecule has 2 aliphatic rings. The summed E-state index contributed by atoms with van der Waals surface area (Å²) in [6.07, 6.45) is 5.78. The Bertz CT molecular complexity index is 1270. The van der Waals surface area contributed by atoms with Crippen LogP contribution in [0.5, 0.6) is 0 Å². The first-order chi connectivity index (χ1) is 18.1. The first-order valence-electron chi connectivity index (χ1n) is 12.5. The molecule has 2 aliphatic heterocycles. The summed E-state index contributed by atoms with van der Waals surface area (Å²) in [5, 5.41) is 7.12. The van der Waals surface area contributed by atoms with Gasteiger partial charge in [-0.1, -0.05) is 0 Å². The van der Waals surface area contributed by atoms with Gasteiger partial charge in [-0.15, -0.1) is 0 Å². The molecule has 0 atom stereocenters. The molecule has 5 rings (SSSR count). The number of pyridine rings is 1. The Morgan fingerprint density at radius 2 is 1.71 bits per heavy atom. The van der Waals surface area contributed by atoms with Crippen LogP contribution >= 0.6 is 0 Å². The first-order valence-corrected chi connectivity index (χ1v) is 12.5. The van der Waals surface area contributed by atoms with Gasteiger partial charge in [0.2, 0.25) is 0 Å². The normalized spacial score (nSPS) is 16.6. The van der Waals surface area contributed by atoms with Crippen LogP contribution in [-0.4, -0.2) is 78.7 Å². The van der Waals surface area contributed by atoms with Crippen LogP contribution in [0, 0.1) is 0 Å². The summed E-state index contributed by atoms with van der Waals surface area (Å²) < 4.78 is 34.0. The summed E-state index contributed by atoms with van der Waals surface area (Å²) in [6, 6.07) is 2.57. The lowest BCUT2D eigenvalue weighted by Gasteiger charge is -2.32. The monoisotopic (exact) mass is 533 g/mol. The maximum atomic E-state index is 12.7. The Morgan fingerprint density at radius 3 is 2.26 bits per heavy atom. The van der Waals surface area contributed by atoms with E-state index in [0.29, 0.717) is 30.7 Å². The number of hydrogen-bond acceptors (Lipinski definition) is 7. The molecule has 3 aromatic rings. The van der Waals surface area contributed by atoms with Crippen molar-refractivity contribution in [3.63, 3.8) is 0 Å². The third-order valence-corrected chi connectivity index (χ3v) is 6.75. The van der Waals surface area contributed by atoms with Crippen molar-refractivity contribution in [2.24, 2.45) is 0 Å². The number of carbonyl (C=O) groups is 2. The minimum atomic E-state index is -5.08. The Hall–Kier alpha value is -3.77. The number of alkyl halides is 3. The molecule has 0 saturated carbocycles. The fraction of sp³-hybridized carbons (Fsp3) is 0.520. The number of halogens is 3. The van der Waals surface area contributed by atoms with Crippen LogP contribution in [0.15, 0.2) is 31.0 Å². The van der Waals surface area contributed by atoms with Crippen molar-refractivity contribution >= 4 is 28.7 Å². The van der Waals surface area contributed by atoms with Gasteiger partial charge in [0.25, 0.3) is 5.91 Å². The number of aromatic nitrogens is 5. The number of carboxylic acid groups (broad SMARTS) is 1. The number of piperidine rings is 1. The summed E-state index contributed by atoms with van der Waals surface area (Å²) in [6.45, 7) is 7.89. The van der Waals surface area contributed by atoms with Gasteiger partial charge in [-0.25, -0.2) is 19.7 Å². The average molecular weight is 534 g/mol. The minimum absolute atomic E-state index is 0.0365. The Balaban J connectivity index is 0.000000426. The highest BCUT2D eigenvalue weighted by Crippen LogP contribution is 2.34. The fourth-order valence-electron chi connectivity index (χ4n) is 4.75. The van der Waals surface area contributed by atoms with Gasteiger partial charge in [0.05, 0.1) is 18.0 Å². The van der Waals surface area contributed by atoms with Crippen LogP contribution in [0.2, 0.25) is 0 Å². The van der Waals surface area contributed by atoms with Crippen LogP contribution < -0.4 is 4.90 Å². The first kappa shape index (κ1) is 27.3. The number of imidazole rings is 1. The molecule has 0 aromatic carbocycles. The molecule has 2 fully saturated rings. The highest BCUT2D eigenvalue weighted by atomic mass is 19.4. The molecule has 1 N–H and O–H groups in total. The van der Waals surface area contributed by atoms with Gasteiger partial charge in [-0.2, -0.15) is 13.2 Å². The zero-order valence-electron chi connectivity index (χ0n) is 21.2. The SMILES string of the molecule is CC(C)n1cnc2c(N3CCCC3)nc(C3CCN(C(=O)c4cnccn4)CC3)cc21.O=C(O)C(F)(F)F. The van der Waals surface area contributed by atoms with Gasteiger partial charge in [-0.05, 0) is 45.6 Å². The van der Waals surface area contributed by atoms with Crippen molar-refractivity contribution in [2.45, 2.75) is 57.7 Å². The molecule has 38 heavy (non-hydrogen) atoms. The number of hydrogen-bond donors (Lipinski definition) is 1. The van der Waals surface area contributed by atoms with Gasteiger partial charge in [0.15, 0.2) is 5.82 Å². The van der Waals surface area contributed by atoms with E-state index in [1.54, 1.807) is 18.6 Å². The fourth-order valence-corrected chi connectivity index (χ4v) is 4.75. The summed E-state index contributed by atoms with van der Waals surface area (Å²) in [5.74, 6) is -1.42. The number of amides is 1. The second-order valence-corrected chi connectivity index (χ2v) is 9.64. The quantitative estimate of drug-likeness (QED) is 0.534. The average Bonchev–Trinajstić information content (AvgIpc) is 3.59. The third kappa shape index (κ3) is 6.03. The smallest absolute Gasteiger partial charge is 0.475 e. The molecular weight excluding hydrogens is 503 g/mol. The molecule has 1 amide bonds. The van der Waals surface area contributed by atoms with E-state index in [2.05, 4.69) is 39.3 Å². The van der Waals surface area contributed by atoms with Crippen LogP contribution in [0.4, 0.5) is 19.0 Å². The Morgan fingerprint density at radius 1 is 1.05 bits per heavy atom. The number of rotatable bonds is 4. The molecule has 204 valence electrons. The molecule has 0 bridgehead atoms. The molecule has 10 nitrogen and oxygen atoms in total. The van der Waals surface area contributed by atoms with Crippen LogP contribution in [0.1, 0.15) is 67.7 Å². The molecule has 0 unspecified atom stereocenters. The van der Waals surface area contributed by atoms with Crippen molar-refractivity contribution in [3.8, 4) is 0 Å². The Labute approximate surface area is 217 Å². The number of carboxylic acids is 1. The summed E-state index contributed by atoms with van der Waals surface area (Å²) in [4.78, 5) is 43.9. The molecule has 2 saturated heterocycles. The largest absolute Gasteiger partial charge is 0.490 e. The Kier molecular flexibility index (Phi) is 8.12. The molecule has 0 spiro atoms. The van der Waals surface area contributed by atoms with Crippen molar-refractivity contribution in [3.05, 3.63) is 42.4 Å². The number of anilines is 1. The molecule has 0 radical (unpaired) electrons. The van der Waals surface area contributed by atoms with E-state index in [1.807, 2.05) is 11.2 Å². The highest BCUT2D eigenvalue weighted by Gasteiger charge is 2.38. The number of nitrogens with zero attached hydrogens (tertiary/aromatic N) is 7. The van der Waals surface area contributed by atoms with E-state index < -0.39 is 12.1 Å². The minimum Gasteiger partial charge on any atom is -0.475 e. The van der Waals surface area contributed by atoms with Crippen molar-refractivity contribution in [1.82, 2.24) is 29.4 Å². The van der Waals surface area contributed by atoms with Crippen molar-refractivity contribution in [1.29, 1.82) is 0 Å². The summed E-state index contributed by atoms with van der Waals surface area (Å²) in [5.41, 5.74) is 3.72. The molecule has 13 heteroatoms. The summed E-state index contributed by atoms with van der Waals surface area (Å²) >= 11 is 0. The van der Waals surface area contributed by atoms with Gasteiger partial charge in [-0.3, -0.25) is 9.78 Å². The third-order valence-electron chi connectivity index (χ3n) is 6.75. The van der Waals surface area contributed by atoms with Crippen LogP contribution in [-0.2, 0) is 4.79 Å². The van der Waals surface area contributed by atoms with Gasteiger partial charge < -0.3 is 19.5 Å². The molecule has 5 heterocycles. The lowest BCUT2D eigenvalue weighted by atomic mass is 9.92. The lowest BCUT2D eigenvalue weighted by Crippen LogP contribution is -2.38. The number of carbonyl (C=O) groups excluding carboxylic acids is 1. The maximum Gasteiger partial charge on any atom is 0.490 e. The van der Waals surface area contributed by atoms with Crippen molar-refractivity contribution in [2.75, 3.05) is 31.1 Å². The van der Waals surface area contributed by atoms with E-state index in [1.165, 1.54) is 18.4 Å². The van der Waals surface area contributed by atoms with Crippen LogP contribution in [0.25, 0.3) is 11.0 Å². The lowest BCUT2D eigenvalue weighted by molar-refractivity contribution is -0.192. The van der Waals surface area contributed by atoms with Crippen molar-refractivity contribution < 1.29 is 27.9 Å². The second kappa shape index (κ2) is 11.3. The maximum absolute atomic E-state index is 12.7. The number of fused-ring (bicyclic) bond motifs is 1.